The summed E-state index contributed by atoms with van der Waals surface area (Å²) in [7, 11) is 0. The van der Waals surface area contributed by atoms with Crippen molar-refractivity contribution in [1.82, 2.24) is 4.98 Å². The number of halogens is 3. The van der Waals surface area contributed by atoms with E-state index in [2.05, 4.69) is 4.98 Å². The van der Waals surface area contributed by atoms with Crippen LogP contribution in [0.25, 0.3) is 0 Å². The molecule has 0 saturated heterocycles. The van der Waals surface area contributed by atoms with E-state index < -0.39 is 34.4 Å². The second-order valence-corrected chi connectivity index (χ2v) is 4.92. The molecule has 2 rings (SSSR count). The molecule has 0 radical (unpaired) electrons. The van der Waals surface area contributed by atoms with E-state index >= 15 is 0 Å². The Bertz CT molecular complexity index is 653. The molecule has 0 bridgehead atoms. The molecule has 0 saturated carbocycles. The number of nitrogens with zero attached hydrogens (tertiary/aromatic N) is 1. The van der Waals surface area contributed by atoms with Gasteiger partial charge in [0.15, 0.2) is 0 Å². The van der Waals surface area contributed by atoms with Crippen LogP contribution in [0.2, 0.25) is 0 Å². The summed E-state index contributed by atoms with van der Waals surface area (Å²) in [6.45, 7) is 1.20. The molecule has 1 unspecified atom stereocenters. The van der Waals surface area contributed by atoms with Crippen LogP contribution < -0.4 is 0 Å². The fourth-order valence-electron chi connectivity index (χ4n) is 2.25. The van der Waals surface area contributed by atoms with Crippen LogP contribution in [0.3, 0.4) is 0 Å². The lowest BCUT2D eigenvalue weighted by atomic mass is 9.77. The maximum Gasteiger partial charge on any atom is 0.314 e. The minimum absolute atomic E-state index is 0.171. The molecule has 1 heterocycles. The van der Waals surface area contributed by atoms with Gasteiger partial charge in [0.2, 0.25) is 0 Å². The predicted octanol–water partition coefficient (Wildman–Crippen LogP) is 3.08. The Hall–Kier alpha value is -2.37. The highest BCUT2D eigenvalue weighted by molar-refractivity contribution is 5.81. The number of benzene rings is 1. The number of hydrogen-bond donors (Lipinski definition) is 1. The second-order valence-electron chi connectivity index (χ2n) is 4.92. The fraction of sp³-hybridized carbons (Fsp3) is 0.200. The Kier molecular flexibility index (Phi) is 3.97. The highest BCUT2D eigenvalue weighted by atomic mass is 19.1. The van der Waals surface area contributed by atoms with Crippen LogP contribution in [0.5, 0.6) is 0 Å². The summed E-state index contributed by atoms with van der Waals surface area (Å²) < 4.78 is 40.8. The third kappa shape index (κ3) is 2.89. The molecular weight excluding hydrogens is 283 g/mol. The molecule has 3 nitrogen and oxygen atoms in total. The van der Waals surface area contributed by atoms with Crippen molar-refractivity contribution in [3.05, 3.63) is 65.2 Å². The number of aliphatic carboxylic acids is 1. The smallest absolute Gasteiger partial charge is 0.314 e. The van der Waals surface area contributed by atoms with Gasteiger partial charge in [0.1, 0.15) is 17.5 Å². The molecule has 0 spiro atoms. The van der Waals surface area contributed by atoms with Crippen LogP contribution in [0.4, 0.5) is 13.2 Å². The lowest BCUT2D eigenvalue weighted by Crippen LogP contribution is -2.37. The maximum atomic E-state index is 13.9. The van der Waals surface area contributed by atoms with E-state index in [0.29, 0.717) is 17.7 Å². The first kappa shape index (κ1) is 15.0. The van der Waals surface area contributed by atoms with E-state index in [9.17, 15) is 23.1 Å². The summed E-state index contributed by atoms with van der Waals surface area (Å²) in [5.41, 5.74) is -2.03. The summed E-state index contributed by atoms with van der Waals surface area (Å²) in [5, 5.41) is 9.42. The van der Waals surface area contributed by atoms with Crippen molar-refractivity contribution in [2.24, 2.45) is 0 Å². The zero-order valence-corrected chi connectivity index (χ0v) is 11.1. The van der Waals surface area contributed by atoms with E-state index in [1.807, 2.05) is 0 Å². The third-order valence-corrected chi connectivity index (χ3v) is 3.31. The molecule has 0 aliphatic rings. The first-order valence-electron chi connectivity index (χ1n) is 6.12. The Morgan fingerprint density at radius 2 is 1.90 bits per heavy atom. The number of hydrogen-bond acceptors (Lipinski definition) is 2. The molecule has 1 N–H and O–H groups in total. The largest absolute Gasteiger partial charge is 0.481 e. The van der Waals surface area contributed by atoms with Crippen molar-refractivity contribution in [1.29, 1.82) is 0 Å². The molecule has 1 aromatic carbocycles. The number of carbonyl (C=O) groups is 1. The summed E-state index contributed by atoms with van der Waals surface area (Å²) in [6, 6.07) is 4.15. The lowest BCUT2D eigenvalue weighted by molar-refractivity contribution is -0.143. The monoisotopic (exact) mass is 295 g/mol. The van der Waals surface area contributed by atoms with Gasteiger partial charge < -0.3 is 5.11 Å². The van der Waals surface area contributed by atoms with E-state index in [-0.39, 0.29) is 6.42 Å². The summed E-state index contributed by atoms with van der Waals surface area (Å²) in [4.78, 5) is 15.4. The molecule has 0 aliphatic heterocycles. The van der Waals surface area contributed by atoms with Gasteiger partial charge in [-0.05, 0) is 25.0 Å². The van der Waals surface area contributed by atoms with Gasteiger partial charge in [-0.3, -0.25) is 9.78 Å². The molecule has 0 fully saturated rings. The van der Waals surface area contributed by atoms with Gasteiger partial charge in [-0.1, -0.05) is 6.07 Å². The second kappa shape index (κ2) is 5.55. The normalized spacial score (nSPS) is 13.7. The minimum atomic E-state index is -1.87. The summed E-state index contributed by atoms with van der Waals surface area (Å²) in [5.74, 6) is -4.94. The van der Waals surface area contributed by atoms with E-state index in [4.69, 9.17) is 0 Å². The molecule has 1 atom stereocenters. The number of pyridine rings is 1. The van der Waals surface area contributed by atoms with Gasteiger partial charge >= 0.3 is 5.97 Å². The van der Waals surface area contributed by atoms with Crippen molar-refractivity contribution >= 4 is 5.97 Å². The lowest BCUT2D eigenvalue weighted by Gasteiger charge is -2.26. The van der Waals surface area contributed by atoms with Gasteiger partial charge in [0.05, 0.1) is 5.41 Å². The highest BCUT2D eigenvalue weighted by Gasteiger charge is 2.40. The zero-order valence-electron chi connectivity index (χ0n) is 11.1. The van der Waals surface area contributed by atoms with E-state index in [1.54, 1.807) is 12.1 Å². The quantitative estimate of drug-likeness (QED) is 0.943. The first-order chi connectivity index (χ1) is 9.84. The van der Waals surface area contributed by atoms with Crippen molar-refractivity contribution in [2.75, 3.05) is 0 Å². The maximum absolute atomic E-state index is 13.9. The average Bonchev–Trinajstić information content (AvgIpc) is 2.38. The predicted molar refractivity (Wildman–Crippen MR) is 69.2 cm³/mol. The molecule has 1 aromatic heterocycles. The van der Waals surface area contributed by atoms with Crippen molar-refractivity contribution in [3.8, 4) is 0 Å². The fourth-order valence-corrected chi connectivity index (χ4v) is 2.25. The molecular formula is C15H12F3NO2. The van der Waals surface area contributed by atoms with Gasteiger partial charge in [-0.2, -0.15) is 0 Å². The van der Waals surface area contributed by atoms with Crippen molar-refractivity contribution in [3.63, 3.8) is 0 Å². The van der Waals surface area contributed by atoms with Gasteiger partial charge in [0, 0.05) is 30.1 Å². The van der Waals surface area contributed by atoms with Gasteiger partial charge in [-0.25, -0.2) is 13.2 Å². The van der Waals surface area contributed by atoms with Crippen LogP contribution in [-0.4, -0.2) is 16.1 Å². The van der Waals surface area contributed by atoms with Gasteiger partial charge in [0.25, 0.3) is 0 Å². The number of aromatic nitrogens is 1. The standard InChI is InChI=1S/C15H12F3NO2/c1-15(14(20)21,7-9-3-2-4-19-8-9)13-11(17)5-10(16)6-12(13)18/h2-6,8H,7H2,1H3,(H,20,21). The minimum Gasteiger partial charge on any atom is -0.481 e. The highest BCUT2D eigenvalue weighted by Crippen LogP contribution is 2.33. The number of carboxylic acid groups (broad SMARTS) is 1. The Balaban J connectivity index is 2.56. The van der Waals surface area contributed by atoms with Crippen molar-refractivity contribution < 1.29 is 23.1 Å². The Morgan fingerprint density at radius 3 is 2.38 bits per heavy atom. The molecule has 2 aromatic rings. The summed E-state index contributed by atoms with van der Waals surface area (Å²) >= 11 is 0. The van der Waals surface area contributed by atoms with E-state index in [1.165, 1.54) is 19.3 Å². The van der Waals surface area contributed by atoms with E-state index in [0.717, 1.165) is 0 Å². The van der Waals surface area contributed by atoms with Crippen LogP contribution in [0.15, 0.2) is 36.7 Å². The van der Waals surface area contributed by atoms with Crippen LogP contribution >= 0.6 is 0 Å². The van der Waals surface area contributed by atoms with Gasteiger partial charge in [-0.15, -0.1) is 0 Å². The molecule has 6 heteroatoms. The molecule has 0 amide bonds. The molecule has 21 heavy (non-hydrogen) atoms. The molecule has 0 aliphatic carbocycles. The topological polar surface area (TPSA) is 50.2 Å². The average molecular weight is 295 g/mol. The van der Waals surface area contributed by atoms with Crippen molar-refractivity contribution in [2.45, 2.75) is 18.8 Å². The zero-order chi connectivity index (χ0) is 15.6. The van der Waals surface area contributed by atoms with Crippen LogP contribution in [-0.2, 0) is 16.6 Å². The third-order valence-electron chi connectivity index (χ3n) is 3.31. The first-order valence-corrected chi connectivity index (χ1v) is 6.12. The van der Waals surface area contributed by atoms with Crippen LogP contribution in [0, 0.1) is 17.5 Å². The Morgan fingerprint density at radius 1 is 1.29 bits per heavy atom. The molecule has 110 valence electrons. The number of carboxylic acids is 1. The number of rotatable bonds is 4. The Labute approximate surface area is 119 Å². The summed E-state index contributed by atoms with van der Waals surface area (Å²) in [6.07, 6.45) is 2.75. The SMILES string of the molecule is CC(Cc1cccnc1)(C(=O)O)c1c(F)cc(F)cc1F. The van der Waals surface area contributed by atoms with Crippen LogP contribution in [0.1, 0.15) is 18.1 Å².